The fraction of sp³-hybridized carbons (Fsp3) is 0.640. The van der Waals surface area contributed by atoms with Gasteiger partial charge in [-0.3, -0.25) is 4.79 Å². The van der Waals surface area contributed by atoms with E-state index in [1.165, 1.54) is 5.56 Å². The van der Waals surface area contributed by atoms with Crippen molar-refractivity contribution in [2.24, 2.45) is 11.8 Å². The smallest absolute Gasteiger partial charge is 0.303 e. The summed E-state index contributed by atoms with van der Waals surface area (Å²) in [5, 5.41) is 39.7. The monoisotopic (exact) mass is 418 g/mol. The van der Waals surface area contributed by atoms with Gasteiger partial charge in [-0.25, -0.2) is 0 Å². The number of carboxylic acid groups (broad SMARTS) is 1. The number of carbonyl (C=O) groups is 1. The predicted molar refractivity (Wildman–Crippen MR) is 118 cm³/mol. The summed E-state index contributed by atoms with van der Waals surface area (Å²) in [5.74, 6) is -0.688. The molecule has 0 unspecified atom stereocenters. The van der Waals surface area contributed by atoms with Crippen LogP contribution < -0.4 is 0 Å². The van der Waals surface area contributed by atoms with E-state index in [1.807, 2.05) is 18.2 Å². The van der Waals surface area contributed by atoms with Crippen LogP contribution in [0.25, 0.3) is 0 Å². The first-order valence-electron chi connectivity index (χ1n) is 11.4. The van der Waals surface area contributed by atoms with Crippen molar-refractivity contribution in [3.8, 4) is 0 Å². The molecule has 0 saturated heterocycles. The average molecular weight is 419 g/mol. The predicted octanol–water partition coefficient (Wildman–Crippen LogP) is 4.10. The molecule has 1 aromatic carbocycles. The number of aliphatic hydroxyl groups excluding tert-OH is 3. The van der Waals surface area contributed by atoms with Crippen LogP contribution in [-0.4, -0.2) is 44.7 Å². The zero-order valence-corrected chi connectivity index (χ0v) is 17.9. The van der Waals surface area contributed by atoms with Crippen molar-refractivity contribution in [3.05, 3.63) is 48.0 Å². The Labute approximate surface area is 180 Å². The average Bonchev–Trinajstić information content (AvgIpc) is 2.99. The Bertz CT molecular complexity index is 630. The molecule has 0 spiro atoms. The summed E-state index contributed by atoms with van der Waals surface area (Å²) in [6.07, 6.45) is 10.6. The van der Waals surface area contributed by atoms with Gasteiger partial charge < -0.3 is 20.4 Å². The number of hydrogen-bond acceptors (Lipinski definition) is 4. The number of aliphatic hydroxyl groups is 3. The summed E-state index contributed by atoms with van der Waals surface area (Å²) in [6, 6.07) is 10.1. The quantitative estimate of drug-likeness (QED) is 0.269. The van der Waals surface area contributed by atoms with E-state index in [-0.39, 0.29) is 18.3 Å². The van der Waals surface area contributed by atoms with Crippen molar-refractivity contribution >= 4 is 5.97 Å². The Hall–Kier alpha value is -1.69. The first-order valence-corrected chi connectivity index (χ1v) is 11.4. The molecule has 1 aliphatic rings. The molecule has 5 nitrogen and oxygen atoms in total. The second-order valence-corrected chi connectivity index (χ2v) is 8.65. The number of carboxylic acids is 1. The third-order valence-electron chi connectivity index (χ3n) is 6.30. The van der Waals surface area contributed by atoms with Crippen LogP contribution in [-0.2, 0) is 11.2 Å². The number of allylic oxidation sites excluding steroid dienone is 2. The van der Waals surface area contributed by atoms with Crippen LogP contribution in [0.4, 0.5) is 0 Å². The molecule has 0 amide bonds. The molecule has 0 bridgehead atoms. The highest BCUT2D eigenvalue weighted by molar-refractivity contribution is 5.66. The van der Waals surface area contributed by atoms with Crippen molar-refractivity contribution in [1.29, 1.82) is 0 Å². The summed E-state index contributed by atoms with van der Waals surface area (Å²) in [4.78, 5) is 10.5. The third-order valence-corrected chi connectivity index (χ3v) is 6.30. The first-order chi connectivity index (χ1) is 14.5. The Morgan fingerprint density at radius 1 is 1.00 bits per heavy atom. The van der Waals surface area contributed by atoms with E-state index in [0.717, 1.165) is 38.5 Å². The first kappa shape index (κ1) is 24.6. The fourth-order valence-electron chi connectivity index (χ4n) is 4.50. The molecular formula is C25H38O5. The minimum Gasteiger partial charge on any atom is -0.481 e. The molecule has 0 radical (unpaired) electrons. The molecule has 0 aromatic heterocycles. The molecule has 1 saturated carbocycles. The van der Waals surface area contributed by atoms with E-state index >= 15 is 0 Å². The standard InChI is InChI=1S/C25H38O5/c26-20(15-14-19-10-6-5-7-11-19)16-17-22-21(23(27)18-24(22)28)12-8-3-1-2-4-9-13-25(29)30/h3,5-8,10-11,20-24,26-28H,1-2,4,9,12-18H2,(H,29,30)/t20-,21+,22+,23-,24+/m0/s1. The number of hydrogen-bond donors (Lipinski definition) is 4. The van der Waals surface area contributed by atoms with Gasteiger partial charge in [0.2, 0.25) is 0 Å². The zero-order valence-electron chi connectivity index (χ0n) is 17.9. The summed E-state index contributed by atoms with van der Waals surface area (Å²) < 4.78 is 0. The maximum Gasteiger partial charge on any atom is 0.303 e. The summed E-state index contributed by atoms with van der Waals surface area (Å²) in [5.41, 5.74) is 1.22. The van der Waals surface area contributed by atoms with Gasteiger partial charge in [0, 0.05) is 6.42 Å². The molecule has 168 valence electrons. The molecule has 1 aliphatic carbocycles. The normalized spacial score (nSPS) is 25.0. The topological polar surface area (TPSA) is 98.0 Å². The van der Waals surface area contributed by atoms with Gasteiger partial charge in [0.15, 0.2) is 0 Å². The Morgan fingerprint density at radius 3 is 2.47 bits per heavy atom. The van der Waals surface area contributed by atoms with Crippen molar-refractivity contribution in [2.75, 3.05) is 0 Å². The van der Waals surface area contributed by atoms with E-state index in [9.17, 15) is 20.1 Å². The second-order valence-electron chi connectivity index (χ2n) is 8.65. The van der Waals surface area contributed by atoms with Gasteiger partial charge in [-0.2, -0.15) is 0 Å². The van der Waals surface area contributed by atoms with Crippen molar-refractivity contribution in [1.82, 2.24) is 0 Å². The van der Waals surface area contributed by atoms with Gasteiger partial charge in [0.1, 0.15) is 0 Å². The van der Waals surface area contributed by atoms with Gasteiger partial charge in [0.25, 0.3) is 0 Å². The fourth-order valence-corrected chi connectivity index (χ4v) is 4.50. The van der Waals surface area contributed by atoms with Gasteiger partial charge in [-0.1, -0.05) is 48.9 Å². The molecule has 5 heteroatoms. The second kappa shape index (κ2) is 13.6. The van der Waals surface area contributed by atoms with Crippen LogP contribution in [0.1, 0.15) is 69.8 Å². The summed E-state index contributed by atoms with van der Waals surface area (Å²) in [6.45, 7) is 0. The lowest BCUT2D eigenvalue weighted by molar-refractivity contribution is -0.137. The van der Waals surface area contributed by atoms with E-state index in [0.29, 0.717) is 25.7 Å². The maximum atomic E-state index is 10.5. The number of aliphatic carboxylic acids is 1. The maximum absolute atomic E-state index is 10.5. The van der Waals surface area contributed by atoms with Gasteiger partial charge in [-0.15, -0.1) is 0 Å². The van der Waals surface area contributed by atoms with Crippen LogP contribution in [0.3, 0.4) is 0 Å². The van der Waals surface area contributed by atoms with Crippen LogP contribution in [0.15, 0.2) is 42.5 Å². The lowest BCUT2D eigenvalue weighted by atomic mass is 9.85. The highest BCUT2D eigenvalue weighted by Crippen LogP contribution is 2.38. The summed E-state index contributed by atoms with van der Waals surface area (Å²) >= 11 is 0. The van der Waals surface area contributed by atoms with Gasteiger partial charge in [0.05, 0.1) is 18.3 Å². The van der Waals surface area contributed by atoms with Crippen molar-refractivity contribution in [3.63, 3.8) is 0 Å². The third kappa shape index (κ3) is 8.99. The van der Waals surface area contributed by atoms with Crippen LogP contribution in [0.2, 0.25) is 0 Å². The molecule has 30 heavy (non-hydrogen) atoms. The number of benzene rings is 1. The SMILES string of the molecule is O=C(O)CCCCCC=CC[C@@H]1[C@@H](CC[C@@H](O)CCc2ccccc2)[C@H](O)C[C@@H]1O. The van der Waals surface area contributed by atoms with Gasteiger partial charge in [-0.05, 0) is 75.2 Å². The molecule has 4 N–H and O–H groups in total. The minimum absolute atomic E-state index is 0.0200. The largest absolute Gasteiger partial charge is 0.481 e. The molecule has 0 aliphatic heterocycles. The van der Waals surface area contributed by atoms with E-state index < -0.39 is 24.3 Å². The molecule has 5 atom stereocenters. The number of aryl methyl sites for hydroxylation is 1. The minimum atomic E-state index is -0.740. The molecule has 1 aromatic rings. The Balaban J connectivity index is 1.68. The zero-order chi connectivity index (χ0) is 21.8. The van der Waals surface area contributed by atoms with Crippen LogP contribution in [0, 0.1) is 11.8 Å². The van der Waals surface area contributed by atoms with Crippen LogP contribution in [0.5, 0.6) is 0 Å². The Morgan fingerprint density at radius 2 is 1.73 bits per heavy atom. The lowest BCUT2D eigenvalue weighted by Crippen LogP contribution is -2.23. The van der Waals surface area contributed by atoms with Crippen molar-refractivity contribution < 1.29 is 25.2 Å². The highest BCUT2D eigenvalue weighted by Gasteiger charge is 2.40. The molecule has 2 rings (SSSR count). The van der Waals surface area contributed by atoms with Crippen LogP contribution >= 0.6 is 0 Å². The number of rotatable bonds is 14. The highest BCUT2D eigenvalue weighted by atomic mass is 16.4. The van der Waals surface area contributed by atoms with E-state index in [2.05, 4.69) is 24.3 Å². The summed E-state index contributed by atoms with van der Waals surface area (Å²) in [7, 11) is 0. The molecular weight excluding hydrogens is 380 g/mol. The van der Waals surface area contributed by atoms with E-state index in [4.69, 9.17) is 5.11 Å². The van der Waals surface area contributed by atoms with E-state index in [1.54, 1.807) is 0 Å². The molecule has 1 fully saturated rings. The van der Waals surface area contributed by atoms with Gasteiger partial charge >= 0.3 is 5.97 Å². The molecule has 0 heterocycles. The number of unbranched alkanes of at least 4 members (excludes halogenated alkanes) is 3. The Kier molecular flexibility index (Phi) is 11.1. The lowest BCUT2D eigenvalue weighted by Gasteiger charge is -2.23. The van der Waals surface area contributed by atoms with Crippen molar-refractivity contribution in [2.45, 2.75) is 88.9 Å².